The van der Waals surface area contributed by atoms with Crippen LogP contribution in [0.1, 0.15) is 0 Å². The Morgan fingerprint density at radius 3 is 0.812 bits per heavy atom. The standard InChI is InChI=1S/Bi.3ClHO4/c;3*2-1(3,4)5/h;3*(H,2,3,4,5)/q+3;;;/p-3. The molecule has 0 saturated heterocycles. The SMILES string of the molecule is [O-][Cl+3]([O-])([O-])[O][Bi]([O][Cl+3]([O-])([O-])[O-])[O][Cl+3]([O-])([O-])[O-]. The first kappa shape index (κ1) is 17.3. The Morgan fingerprint density at radius 2 is 0.688 bits per heavy atom. The van der Waals surface area contributed by atoms with Crippen LogP contribution in [-0.2, 0) is 7.10 Å². The van der Waals surface area contributed by atoms with Crippen LogP contribution in [0, 0.1) is 30.7 Å². The van der Waals surface area contributed by atoms with Crippen LogP contribution >= 0.6 is 0 Å². The Balaban J connectivity index is 4.53. The van der Waals surface area contributed by atoms with E-state index in [0.717, 1.165) is 0 Å². The maximum absolute atomic E-state index is 9.90. The predicted molar refractivity (Wildman–Crippen MR) is 9.01 cm³/mol. The van der Waals surface area contributed by atoms with Crippen LogP contribution in [0.15, 0.2) is 0 Å². The van der Waals surface area contributed by atoms with Crippen LogP contribution < -0.4 is 41.9 Å². The van der Waals surface area contributed by atoms with Gasteiger partial charge in [0.15, 0.2) is 0 Å². The second kappa shape index (κ2) is 5.94. The minimum absolute atomic E-state index is 3.17. The predicted octanol–water partition coefficient (Wildman–Crippen LogP) is -11.3. The third-order valence-corrected chi connectivity index (χ3v) is 11.1. The van der Waals surface area contributed by atoms with Gasteiger partial charge in [-0.1, -0.05) is 0 Å². The van der Waals surface area contributed by atoms with E-state index >= 15 is 0 Å². The van der Waals surface area contributed by atoms with Crippen molar-refractivity contribution >= 4 is 23.1 Å². The zero-order valence-electron chi connectivity index (χ0n) is 6.48. The fourth-order valence-corrected chi connectivity index (χ4v) is 7.97. The molecule has 0 aromatic carbocycles. The van der Waals surface area contributed by atoms with Gasteiger partial charge in [-0.15, -0.1) is 0 Å². The first-order valence-corrected chi connectivity index (χ1v) is 10.4. The van der Waals surface area contributed by atoms with Crippen molar-refractivity contribution in [3.05, 3.63) is 0 Å². The summed E-state index contributed by atoms with van der Waals surface area (Å²) in [5.41, 5.74) is 0. The first-order valence-electron chi connectivity index (χ1n) is 2.40. The summed E-state index contributed by atoms with van der Waals surface area (Å²) >= 11 is -5.53. The second-order valence-corrected chi connectivity index (χ2v) is 10.8. The molecule has 16 heteroatoms. The van der Waals surface area contributed by atoms with E-state index in [9.17, 15) is 41.9 Å². The van der Waals surface area contributed by atoms with Crippen molar-refractivity contribution in [3.8, 4) is 0 Å². The van der Waals surface area contributed by atoms with Crippen molar-refractivity contribution in [2.75, 3.05) is 0 Å². The second-order valence-electron chi connectivity index (χ2n) is 1.56. The monoisotopic (exact) mass is 506 g/mol. The maximum atomic E-state index is 9.90. The normalized spacial score (nSPS) is 14.6. The number of rotatable bonds is 6. The van der Waals surface area contributed by atoms with Crippen LogP contribution in [0.3, 0.4) is 0 Å². The Morgan fingerprint density at radius 1 is 0.500 bits per heavy atom. The summed E-state index contributed by atoms with van der Waals surface area (Å²) < 4.78 is 98.6. The summed E-state index contributed by atoms with van der Waals surface area (Å²) in [4.78, 5) is 0. The Labute approximate surface area is 103 Å². The molecule has 12 nitrogen and oxygen atoms in total. The van der Waals surface area contributed by atoms with Crippen LogP contribution in [0.25, 0.3) is 0 Å². The quantitative estimate of drug-likeness (QED) is 0.305. The van der Waals surface area contributed by atoms with Gasteiger partial charge in [0.05, 0.1) is 0 Å². The molecule has 0 atom stereocenters. The number of hydrogen-bond acceptors (Lipinski definition) is 12. The fraction of sp³-hybridized carbons (Fsp3) is 0. The number of hydrogen-bond donors (Lipinski definition) is 0. The van der Waals surface area contributed by atoms with Crippen LogP contribution in [0.4, 0.5) is 0 Å². The molecule has 0 aliphatic carbocycles. The molecule has 0 radical (unpaired) electrons. The fourth-order valence-electron chi connectivity index (χ4n) is 0.239. The van der Waals surface area contributed by atoms with Gasteiger partial charge in [0, 0.05) is 0 Å². The molecule has 0 fully saturated rings. The first-order chi connectivity index (χ1) is 6.79. The minimum atomic E-state index is -5.53. The van der Waals surface area contributed by atoms with E-state index in [0.29, 0.717) is 0 Å². The molecule has 0 bridgehead atoms. The average molecular weight is 507 g/mol. The molecule has 0 spiro atoms. The molecular formula is BiCl3O12. The molecule has 0 N–H and O–H groups in total. The molecular weight excluding hydrogens is 507 g/mol. The molecule has 0 aromatic heterocycles. The number of halogens is 3. The van der Waals surface area contributed by atoms with E-state index in [1.54, 1.807) is 0 Å². The van der Waals surface area contributed by atoms with E-state index in [1.165, 1.54) is 0 Å². The molecule has 0 heterocycles. The Bertz CT molecular complexity index is 170. The molecule has 0 amide bonds. The molecule has 0 aliphatic rings. The zero-order chi connectivity index (χ0) is 13.2. The van der Waals surface area contributed by atoms with Gasteiger partial charge in [-0.3, -0.25) is 0 Å². The van der Waals surface area contributed by atoms with E-state index in [1.807, 2.05) is 0 Å². The van der Waals surface area contributed by atoms with Crippen LogP contribution in [0.5, 0.6) is 0 Å². The van der Waals surface area contributed by atoms with Gasteiger partial charge in [-0.05, 0) is 0 Å². The Hall–Kier alpha value is 1.27. The molecule has 16 heavy (non-hydrogen) atoms. The molecule has 0 unspecified atom stereocenters. The van der Waals surface area contributed by atoms with Gasteiger partial charge in [0.25, 0.3) is 0 Å². The summed E-state index contributed by atoms with van der Waals surface area (Å²) in [6, 6.07) is 0. The van der Waals surface area contributed by atoms with Crippen molar-refractivity contribution in [1.82, 2.24) is 0 Å². The molecule has 0 aliphatic heterocycles. The van der Waals surface area contributed by atoms with Crippen molar-refractivity contribution < 1.29 is 79.8 Å². The van der Waals surface area contributed by atoms with E-state index in [4.69, 9.17) is 0 Å². The Kier molecular flexibility index (Phi) is 6.42. The summed E-state index contributed by atoms with van der Waals surface area (Å²) in [6.07, 6.45) is 0. The summed E-state index contributed by atoms with van der Waals surface area (Å²) in [5.74, 6) is 0. The van der Waals surface area contributed by atoms with Gasteiger partial charge in [-0.25, -0.2) is 0 Å². The summed E-state index contributed by atoms with van der Waals surface area (Å²) in [7, 11) is -16.0. The molecule has 0 rings (SSSR count). The van der Waals surface area contributed by atoms with Crippen LogP contribution in [0.2, 0.25) is 0 Å². The van der Waals surface area contributed by atoms with Crippen molar-refractivity contribution in [2.45, 2.75) is 0 Å². The van der Waals surface area contributed by atoms with Gasteiger partial charge in [0.2, 0.25) is 0 Å². The van der Waals surface area contributed by atoms with E-state index in [-0.39, 0.29) is 0 Å². The molecule has 0 saturated carbocycles. The summed E-state index contributed by atoms with van der Waals surface area (Å²) in [5, 5.41) is 0. The van der Waals surface area contributed by atoms with Crippen molar-refractivity contribution in [2.24, 2.45) is 0 Å². The van der Waals surface area contributed by atoms with Gasteiger partial charge < -0.3 is 0 Å². The van der Waals surface area contributed by atoms with Crippen LogP contribution in [-0.4, -0.2) is 23.1 Å². The van der Waals surface area contributed by atoms with E-state index < -0.39 is 53.8 Å². The van der Waals surface area contributed by atoms with Crippen molar-refractivity contribution in [1.29, 1.82) is 0 Å². The van der Waals surface area contributed by atoms with Gasteiger partial charge >= 0.3 is 103 Å². The third-order valence-electron chi connectivity index (χ3n) is 0.423. The van der Waals surface area contributed by atoms with Gasteiger partial charge in [0.1, 0.15) is 0 Å². The third kappa shape index (κ3) is 11.7. The van der Waals surface area contributed by atoms with E-state index in [2.05, 4.69) is 7.10 Å². The average Bonchev–Trinajstić information content (AvgIpc) is 1.70. The molecule has 98 valence electrons. The topological polar surface area (TPSA) is 235 Å². The summed E-state index contributed by atoms with van der Waals surface area (Å²) in [6.45, 7) is 0. The van der Waals surface area contributed by atoms with Gasteiger partial charge in [-0.2, -0.15) is 0 Å². The zero-order valence-corrected chi connectivity index (χ0v) is 12.2. The van der Waals surface area contributed by atoms with Crippen molar-refractivity contribution in [3.63, 3.8) is 0 Å². The molecule has 0 aromatic rings.